The highest BCUT2D eigenvalue weighted by Gasteiger charge is 2.34. The minimum Gasteiger partial charge on any atom is -0.487 e. The van der Waals surface area contributed by atoms with Gasteiger partial charge in [0.1, 0.15) is 131 Å². The molecule has 35 heteroatoms. The van der Waals surface area contributed by atoms with Gasteiger partial charge in [0.05, 0.1) is 90.5 Å². The Morgan fingerprint density at radius 1 is 0.223 bits per heavy atom. The third kappa shape index (κ3) is 23.8. The Kier molecular flexibility index (Phi) is 27.5. The molecular weight excluding hydrogens is 1890 g/mol. The van der Waals surface area contributed by atoms with Gasteiger partial charge in [-0.05, 0) is 257 Å². The second-order valence-electron chi connectivity index (χ2n) is 43.3. The fourth-order valence-corrected chi connectivity index (χ4v) is 16.2. The van der Waals surface area contributed by atoms with Crippen LogP contribution in [-0.2, 0) is 4.74 Å². The lowest BCUT2D eigenvalue weighted by molar-refractivity contribution is -0.383. The lowest BCUT2D eigenvalue weighted by Crippen LogP contribution is -2.24. The van der Waals surface area contributed by atoms with E-state index in [0.717, 1.165) is 0 Å². The van der Waals surface area contributed by atoms with E-state index in [0.29, 0.717) is 48.8 Å². The number of hydrogen-bond donors (Lipinski definition) is 7. The first kappa shape index (κ1) is 103. The number of rotatable bonds is 24. The molecule has 0 atom stereocenters. The highest BCUT2D eigenvalue weighted by atomic mass is 16.6. The maximum atomic E-state index is 15.4. The van der Waals surface area contributed by atoms with Crippen LogP contribution in [0.25, 0.3) is 87.2 Å². The van der Waals surface area contributed by atoms with Crippen LogP contribution in [0.1, 0.15) is 250 Å². The topological polar surface area (TPSA) is 450 Å². The summed E-state index contributed by atoms with van der Waals surface area (Å²) < 4.78 is 57.1. The molecule has 0 unspecified atom stereocenters. The SMILES string of the molecule is COC(=O)c1cc(OC(C)(C)C)c2cccc(NC(=O)c3cc(OC(C)(C)C)c4cccc(NC(=O)c5cc(OC(C)(C)C)c6cccc(NC(=O)c7cc(OC(C)(C)C)c8cccc(NC(=O)c9cc(OC(C)(C)C)c%10cccc(NC(=O)c%11cc(OC(C)(C)C)c%12cccc(NC(=O)c%13cc(OC(C)(C)C)c%14cccc(NC(=O)c%15cc(OC(C)(C)C)c%16cccc([N+](=O)[O-])c%16n%15)c%14n%13)c%12n%11)c%10n9)c8n7)c6n5)c4n3)c2n1. The van der Waals surface area contributed by atoms with E-state index in [1.54, 1.807) is 154 Å². The first-order valence-electron chi connectivity index (χ1n) is 47.7. The number of nitro groups is 1. The second-order valence-corrected chi connectivity index (χ2v) is 43.3. The molecule has 0 saturated carbocycles. The van der Waals surface area contributed by atoms with Gasteiger partial charge in [0, 0.05) is 97.7 Å². The van der Waals surface area contributed by atoms with Crippen LogP contribution in [0.15, 0.2) is 194 Å². The molecule has 0 spiro atoms. The number of pyridine rings is 8. The average molecular weight is 2000 g/mol. The fraction of sp³-hybridized carbons (Fsp3) is 0.292. The van der Waals surface area contributed by atoms with Crippen LogP contribution < -0.4 is 75.1 Å². The molecule has 0 fully saturated rings. The number of carbonyl (C=O) groups excluding carboxylic acids is 8. The standard InChI is InChI=1S/C113H114N16O19/c1-106(2,3)141-82-50-73(114-91-59(82)35-27-43-67(91)123-100(132)75-52-84(143-108(7,8)9)61-37-29-45-69(93(61)116-75)125-102(134)77-54-86(145-110(13,14)15)63-39-31-47-71(95(63)118-77)127-104(136)79-56-88(147-112(19,20)21)65-41-33-49-81(129(138)139)97(65)120-79)98(130)122-66-42-26-34-58-83(142-107(4,5)6)51-74(115-90(58)66)99(131)124-68-44-28-36-60-85(144-109(10,11)12)53-76(117-92(60)68)101(133)126-70-46-30-38-62-87(146-111(16,17)18)55-78(119-94(62)70)103(135)128-72-48-32-40-64-89(148-113(22,23)24)57-80(105(137)140-25)121-96(64)72/h26-57H,1-25H3,(H,122,130)(H,123,132)(H,124,131)(H,125,134)(H,126,133)(H,127,136)(H,128,135). The molecule has 16 rings (SSSR count). The summed E-state index contributed by atoms with van der Waals surface area (Å²) in [5.41, 5.74) is -6.33. The molecule has 0 aliphatic heterocycles. The summed E-state index contributed by atoms with van der Waals surface area (Å²) in [6.45, 7) is 43.9. The number of hydrogen-bond acceptors (Lipinski definition) is 27. The summed E-state index contributed by atoms with van der Waals surface area (Å²) in [5.74, 6) is -4.18. The van der Waals surface area contributed by atoms with Crippen molar-refractivity contribution in [2.24, 2.45) is 0 Å². The van der Waals surface area contributed by atoms with Crippen LogP contribution >= 0.6 is 0 Å². The van der Waals surface area contributed by atoms with E-state index in [1.807, 2.05) is 145 Å². The molecule has 7 amide bonds. The van der Waals surface area contributed by atoms with Crippen LogP contribution in [0.4, 0.5) is 45.5 Å². The van der Waals surface area contributed by atoms with Crippen molar-refractivity contribution in [3.8, 4) is 46.0 Å². The number of nitrogens with one attached hydrogen (secondary N) is 7. The van der Waals surface area contributed by atoms with Crippen LogP contribution in [0.5, 0.6) is 46.0 Å². The third-order valence-electron chi connectivity index (χ3n) is 21.7. The predicted octanol–water partition coefficient (Wildman–Crippen LogP) is 24.0. The van der Waals surface area contributed by atoms with Crippen molar-refractivity contribution in [1.29, 1.82) is 0 Å². The zero-order valence-electron chi connectivity index (χ0n) is 86.8. The smallest absolute Gasteiger partial charge is 0.356 e. The van der Waals surface area contributed by atoms with E-state index < -0.39 is 97.1 Å². The first-order chi connectivity index (χ1) is 69.3. The van der Waals surface area contributed by atoms with Crippen molar-refractivity contribution in [1.82, 2.24) is 39.9 Å². The number of non-ortho nitro benzene ring substituents is 1. The predicted molar refractivity (Wildman–Crippen MR) is 571 cm³/mol. The number of ether oxygens (including phenoxy) is 9. The molecule has 8 heterocycles. The first-order valence-corrected chi connectivity index (χ1v) is 47.7. The van der Waals surface area contributed by atoms with Crippen LogP contribution in [-0.4, -0.2) is 144 Å². The molecule has 148 heavy (non-hydrogen) atoms. The zero-order chi connectivity index (χ0) is 107. The number of fused-ring (bicyclic) bond motifs is 8. The van der Waals surface area contributed by atoms with Gasteiger partial charge in [-0.25, -0.2) is 44.7 Å². The third-order valence-corrected chi connectivity index (χ3v) is 21.7. The fourth-order valence-electron chi connectivity index (χ4n) is 16.2. The number of benzene rings is 8. The van der Waals surface area contributed by atoms with Gasteiger partial charge in [-0.3, -0.25) is 43.7 Å². The Hall–Kier alpha value is -17.4. The maximum Gasteiger partial charge on any atom is 0.356 e. The number of esters is 1. The highest BCUT2D eigenvalue weighted by Crippen LogP contribution is 2.45. The summed E-state index contributed by atoms with van der Waals surface area (Å²) in [6.07, 6.45) is 0. The van der Waals surface area contributed by atoms with Crippen molar-refractivity contribution in [2.45, 2.75) is 211 Å². The van der Waals surface area contributed by atoms with E-state index >= 15 is 24.0 Å². The van der Waals surface area contributed by atoms with Gasteiger partial charge < -0.3 is 79.8 Å². The van der Waals surface area contributed by atoms with Gasteiger partial charge in [0.2, 0.25) is 0 Å². The number of amides is 7. The van der Waals surface area contributed by atoms with E-state index in [1.165, 1.54) is 67.8 Å². The van der Waals surface area contributed by atoms with Crippen molar-refractivity contribution >= 4 is 180 Å². The lowest BCUT2D eigenvalue weighted by atomic mass is 10.1. The van der Waals surface area contributed by atoms with Crippen LogP contribution in [0.2, 0.25) is 0 Å². The summed E-state index contributed by atoms with van der Waals surface area (Å²) in [6, 6.07) is 51.3. The maximum absolute atomic E-state index is 15.4. The summed E-state index contributed by atoms with van der Waals surface area (Å²) in [4.78, 5) is 169. The number of anilines is 7. The van der Waals surface area contributed by atoms with Crippen molar-refractivity contribution in [3.05, 3.63) is 250 Å². The molecule has 0 bridgehead atoms. The van der Waals surface area contributed by atoms with E-state index in [-0.39, 0.29) is 175 Å². The quantitative estimate of drug-likeness (QED) is 0.0168. The Morgan fingerprint density at radius 2 is 0.365 bits per heavy atom. The summed E-state index contributed by atoms with van der Waals surface area (Å²) in [5, 5.41) is 36.4. The van der Waals surface area contributed by atoms with Gasteiger partial charge in [-0.1, -0.05) is 48.5 Å². The molecule has 0 radical (unpaired) electrons. The van der Waals surface area contributed by atoms with Crippen molar-refractivity contribution in [3.63, 3.8) is 0 Å². The van der Waals surface area contributed by atoms with E-state index in [2.05, 4.69) is 47.2 Å². The van der Waals surface area contributed by atoms with Gasteiger partial charge in [0.25, 0.3) is 47.0 Å². The molecule has 0 aliphatic rings. The second kappa shape index (κ2) is 39.3. The van der Waals surface area contributed by atoms with Crippen molar-refractivity contribution < 1.29 is 85.9 Å². The number of nitro benzene ring substituents is 1. The van der Waals surface area contributed by atoms with E-state index in [9.17, 15) is 24.5 Å². The molecule has 7 N–H and O–H groups in total. The van der Waals surface area contributed by atoms with E-state index in [4.69, 9.17) is 72.5 Å². The van der Waals surface area contributed by atoms with Gasteiger partial charge in [0.15, 0.2) is 11.2 Å². The Labute approximate surface area is 852 Å². The Morgan fingerprint density at radius 3 is 0.520 bits per heavy atom. The minimum atomic E-state index is -0.876. The largest absolute Gasteiger partial charge is 0.487 e. The van der Waals surface area contributed by atoms with Crippen molar-refractivity contribution in [2.75, 3.05) is 44.3 Å². The lowest BCUT2D eigenvalue weighted by Gasteiger charge is -2.24. The van der Waals surface area contributed by atoms with Gasteiger partial charge in [-0.2, -0.15) is 0 Å². The molecule has 8 aromatic heterocycles. The number of methoxy groups -OCH3 is 1. The normalized spacial score (nSPS) is 12.2. The summed E-state index contributed by atoms with van der Waals surface area (Å²) in [7, 11) is 1.24. The molecule has 16 aromatic rings. The molecule has 8 aromatic carbocycles. The molecular formula is C113H114N16O19. The molecule has 0 saturated heterocycles. The van der Waals surface area contributed by atoms with Crippen LogP contribution in [0, 0.1) is 10.1 Å². The number of carbonyl (C=O) groups is 8. The zero-order valence-corrected chi connectivity index (χ0v) is 86.8. The number of nitrogens with zero attached hydrogens (tertiary/aromatic N) is 9. The molecule has 0 aliphatic carbocycles. The number of para-hydroxylation sites is 8. The Bertz CT molecular complexity index is 8070. The highest BCUT2D eigenvalue weighted by molar-refractivity contribution is 6.19. The van der Waals surface area contributed by atoms with Crippen LogP contribution in [0.3, 0.4) is 0 Å². The Balaban J connectivity index is 0.704. The number of aromatic nitrogens is 8. The monoisotopic (exact) mass is 2000 g/mol. The van der Waals surface area contributed by atoms with Gasteiger partial charge in [-0.15, -0.1) is 0 Å². The average Bonchev–Trinajstić information content (AvgIpc) is 0.766. The van der Waals surface area contributed by atoms with Gasteiger partial charge >= 0.3 is 5.97 Å². The molecule has 35 nitrogen and oxygen atoms in total. The minimum absolute atomic E-state index is 0.0602. The molecule has 760 valence electrons. The summed E-state index contributed by atoms with van der Waals surface area (Å²) >= 11 is 0.